The lowest BCUT2D eigenvalue weighted by molar-refractivity contribution is 0.241. The molecule has 1 aliphatic rings. The predicted molar refractivity (Wildman–Crippen MR) is 43.1 cm³/mol. The Kier molecular flexibility index (Phi) is 3.84. The Hall–Kier alpha value is -0.810. The van der Waals surface area contributed by atoms with Gasteiger partial charge in [-0.1, -0.05) is 13.8 Å². The maximum Gasteiger partial charge on any atom is 0.343 e. The normalized spacial score (nSPS) is 17.5. The molecule has 11 heavy (non-hydrogen) atoms. The van der Waals surface area contributed by atoms with Gasteiger partial charge in [-0.15, -0.1) is 0 Å². The Labute approximate surface area is 66.4 Å². The Balaban J connectivity index is 0.000000183. The minimum Gasteiger partial charge on any atom is -0.275 e. The number of nitrogens with two attached hydrogens (primary N) is 2. The van der Waals surface area contributed by atoms with Crippen molar-refractivity contribution in [3.8, 4) is 0 Å². The van der Waals surface area contributed by atoms with Crippen LogP contribution in [-0.4, -0.2) is 6.03 Å². The van der Waals surface area contributed by atoms with Crippen LogP contribution in [0.1, 0.15) is 26.7 Å². The van der Waals surface area contributed by atoms with E-state index >= 15 is 0 Å². The van der Waals surface area contributed by atoms with E-state index in [1.54, 1.807) is 10.9 Å². The second-order valence-corrected chi connectivity index (χ2v) is 3.28. The maximum atomic E-state index is 9.71. The highest BCUT2D eigenvalue weighted by molar-refractivity contribution is 5.72. The topological polar surface area (TPSA) is 93.2 Å². The molecule has 0 aromatic rings. The minimum absolute atomic E-state index is 0.602. The molecule has 1 fully saturated rings. The van der Waals surface area contributed by atoms with Gasteiger partial charge in [-0.25, -0.2) is 16.5 Å². The zero-order chi connectivity index (χ0) is 8.91. The molecule has 0 unspecified atom stereocenters. The van der Waals surface area contributed by atoms with Gasteiger partial charge in [-0.3, -0.25) is 10.9 Å². The van der Waals surface area contributed by atoms with Gasteiger partial charge >= 0.3 is 6.03 Å². The third-order valence-corrected chi connectivity index (χ3v) is 1.51. The number of urea groups is 1. The minimum atomic E-state index is -0.602. The molecule has 0 radical (unpaired) electrons. The van der Waals surface area contributed by atoms with Crippen LogP contribution in [0.2, 0.25) is 0 Å². The lowest BCUT2D eigenvalue weighted by Crippen LogP contribution is -2.43. The standard InChI is InChI=1S/C5H10.CH6N4O/c1-5(2)3-4-5;2-4-1(6)5-3/h3-4H2,1-2H3;2-3H2,(H2,4,5,6). The van der Waals surface area contributed by atoms with Crippen LogP contribution in [0.5, 0.6) is 0 Å². The van der Waals surface area contributed by atoms with Gasteiger partial charge in [-0.2, -0.15) is 0 Å². The largest absolute Gasteiger partial charge is 0.343 e. The predicted octanol–water partition coefficient (Wildman–Crippen LogP) is -0.161. The van der Waals surface area contributed by atoms with Crippen LogP contribution in [0.25, 0.3) is 0 Å². The summed E-state index contributed by atoms with van der Waals surface area (Å²) in [6, 6.07) is -0.602. The van der Waals surface area contributed by atoms with Crippen LogP contribution in [0.15, 0.2) is 0 Å². The molecule has 66 valence electrons. The van der Waals surface area contributed by atoms with Crippen LogP contribution in [-0.2, 0) is 0 Å². The molecule has 0 heterocycles. The Morgan fingerprint density at radius 2 is 1.55 bits per heavy atom. The smallest absolute Gasteiger partial charge is 0.275 e. The van der Waals surface area contributed by atoms with Gasteiger partial charge < -0.3 is 0 Å². The molecule has 2 amide bonds. The van der Waals surface area contributed by atoms with Crippen molar-refractivity contribution in [2.45, 2.75) is 26.7 Å². The van der Waals surface area contributed by atoms with Crippen molar-refractivity contribution in [3.05, 3.63) is 0 Å². The first kappa shape index (κ1) is 10.2. The monoisotopic (exact) mass is 160 g/mol. The first-order valence-corrected chi connectivity index (χ1v) is 3.49. The molecular formula is C6H16N4O. The lowest BCUT2D eigenvalue weighted by atomic mass is 10.2. The molecule has 0 atom stereocenters. The lowest BCUT2D eigenvalue weighted by Gasteiger charge is -1.90. The number of hydrogen-bond donors (Lipinski definition) is 4. The zero-order valence-corrected chi connectivity index (χ0v) is 6.98. The van der Waals surface area contributed by atoms with Crippen molar-refractivity contribution in [2.24, 2.45) is 17.1 Å². The first-order chi connectivity index (χ1) is 5.02. The molecule has 0 aromatic heterocycles. The highest BCUT2D eigenvalue weighted by Crippen LogP contribution is 2.43. The molecule has 0 aliphatic heterocycles. The van der Waals surface area contributed by atoms with Gasteiger partial charge in [0.25, 0.3) is 0 Å². The summed E-state index contributed by atoms with van der Waals surface area (Å²) >= 11 is 0. The van der Waals surface area contributed by atoms with Crippen molar-refractivity contribution in [1.82, 2.24) is 10.9 Å². The van der Waals surface area contributed by atoms with Crippen LogP contribution >= 0.6 is 0 Å². The van der Waals surface area contributed by atoms with E-state index in [0.717, 1.165) is 5.41 Å². The van der Waals surface area contributed by atoms with E-state index in [9.17, 15) is 4.79 Å². The molecule has 0 bridgehead atoms. The molecular weight excluding hydrogens is 144 g/mol. The quantitative estimate of drug-likeness (QED) is 0.225. The number of carbonyl (C=O) groups excluding carboxylic acids is 1. The SMILES string of the molecule is CC1(C)CC1.NNC(=O)NN. The molecule has 0 aromatic carbocycles. The van der Waals surface area contributed by atoms with E-state index < -0.39 is 6.03 Å². The fourth-order valence-corrected chi connectivity index (χ4v) is 0.292. The van der Waals surface area contributed by atoms with Gasteiger partial charge in [0.1, 0.15) is 0 Å². The summed E-state index contributed by atoms with van der Waals surface area (Å²) in [5, 5.41) is 0. The first-order valence-electron chi connectivity index (χ1n) is 3.49. The summed E-state index contributed by atoms with van der Waals surface area (Å²) in [7, 11) is 0. The molecule has 6 N–H and O–H groups in total. The third-order valence-electron chi connectivity index (χ3n) is 1.51. The van der Waals surface area contributed by atoms with E-state index in [4.69, 9.17) is 0 Å². The van der Waals surface area contributed by atoms with Crippen LogP contribution in [0.3, 0.4) is 0 Å². The van der Waals surface area contributed by atoms with E-state index in [2.05, 4.69) is 25.5 Å². The second kappa shape index (κ2) is 4.15. The summed E-state index contributed by atoms with van der Waals surface area (Å²) < 4.78 is 0. The summed E-state index contributed by atoms with van der Waals surface area (Å²) in [5.74, 6) is 9.08. The Morgan fingerprint density at radius 3 is 1.55 bits per heavy atom. The number of amides is 2. The van der Waals surface area contributed by atoms with Gasteiger partial charge in [0.05, 0.1) is 0 Å². The summed E-state index contributed by atoms with van der Waals surface area (Å²) in [5.41, 5.74) is 4.23. The number of hydrogen-bond acceptors (Lipinski definition) is 3. The van der Waals surface area contributed by atoms with Gasteiger partial charge in [0.2, 0.25) is 0 Å². The van der Waals surface area contributed by atoms with Crippen molar-refractivity contribution in [3.63, 3.8) is 0 Å². The van der Waals surface area contributed by atoms with Crippen LogP contribution in [0.4, 0.5) is 4.79 Å². The van der Waals surface area contributed by atoms with E-state index in [0.29, 0.717) is 0 Å². The zero-order valence-electron chi connectivity index (χ0n) is 6.98. The van der Waals surface area contributed by atoms with Crippen molar-refractivity contribution in [2.75, 3.05) is 0 Å². The highest BCUT2D eigenvalue weighted by Gasteiger charge is 2.30. The fourth-order valence-electron chi connectivity index (χ4n) is 0.292. The number of rotatable bonds is 0. The Bertz CT molecular complexity index is 123. The van der Waals surface area contributed by atoms with Crippen molar-refractivity contribution < 1.29 is 4.79 Å². The average Bonchev–Trinajstić information content (AvgIpc) is 2.65. The van der Waals surface area contributed by atoms with Crippen LogP contribution < -0.4 is 22.5 Å². The molecule has 1 saturated carbocycles. The highest BCUT2D eigenvalue weighted by atomic mass is 16.2. The molecule has 0 spiro atoms. The number of hydrazine groups is 2. The second-order valence-electron chi connectivity index (χ2n) is 3.28. The molecule has 1 aliphatic carbocycles. The Morgan fingerprint density at radius 1 is 1.27 bits per heavy atom. The number of carbonyl (C=O) groups is 1. The van der Waals surface area contributed by atoms with E-state index in [-0.39, 0.29) is 0 Å². The van der Waals surface area contributed by atoms with Crippen molar-refractivity contribution >= 4 is 6.03 Å². The summed E-state index contributed by atoms with van der Waals surface area (Å²) in [4.78, 5) is 9.71. The van der Waals surface area contributed by atoms with Crippen LogP contribution in [0, 0.1) is 5.41 Å². The average molecular weight is 160 g/mol. The van der Waals surface area contributed by atoms with Gasteiger partial charge in [0.15, 0.2) is 0 Å². The van der Waals surface area contributed by atoms with E-state index in [1.807, 2.05) is 0 Å². The maximum absolute atomic E-state index is 9.71. The molecule has 5 heteroatoms. The summed E-state index contributed by atoms with van der Waals surface area (Å²) in [6.45, 7) is 4.60. The molecule has 5 nitrogen and oxygen atoms in total. The summed E-state index contributed by atoms with van der Waals surface area (Å²) in [6.07, 6.45) is 2.90. The molecule has 1 rings (SSSR count). The third kappa shape index (κ3) is 7.08. The fraction of sp³-hybridized carbons (Fsp3) is 0.833. The van der Waals surface area contributed by atoms with Crippen molar-refractivity contribution in [1.29, 1.82) is 0 Å². The van der Waals surface area contributed by atoms with Gasteiger partial charge in [-0.05, 0) is 18.3 Å². The number of nitrogens with one attached hydrogen (secondary N) is 2. The van der Waals surface area contributed by atoms with E-state index in [1.165, 1.54) is 12.8 Å². The molecule has 0 saturated heterocycles. The van der Waals surface area contributed by atoms with Gasteiger partial charge in [0, 0.05) is 0 Å².